The molecular formula is C18H22FNO3. The number of amides is 1. The van der Waals surface area contributed by atoms with Crippen molar-refractivity contribution in [3.05, 3.63) is 35.1 Å². The van der Waals surface area contributed by atoms with Gasteiger partial charge in [0.2, 0.25) is 0 Å². The molecule has 0 aromatic heterocycles. The Labute approximate surface area is 136 Å². The number of terminal acetylenes is 1. The first kappa shape index (κ1) is 17.3. The molecule has 1 amide bonds. The molecule has 5 heteroatoms. The van der Waals surface area contributed by atoms with Gasteiger partial charge >= 0.3 is 6.09 Å². The standard InChI is InChI=1S/C18H22FNO3/c1-5-14-10-13(6-7-16(14)19)11-20(15-8-9-22-12-15)17(21)23-18(2,3)4/h1,6-7,10,15H,8-9,11-12H2,2-4H3. The van der Waals surface area contributed by atoms with Crippen LogP contribution in [-0.4, -0.2) is 35.8 Å². The molecule has 1 heterocycles. The monoisotopic (exact) mass is 319 g/mol. The average Bonchev–Trinajstić information content (AvgIpc) is 2.98. The maximum atomic E-state index is 13.5. The van der Waals surface area contributed by atoms with E-state index in [-0.39, 0.29) is 11.6 Å². The molecule has 0 spiro atoms. The van der Waals surface area contributed by atoms with Gasteiger partial charge in [-0.1, -0.05) is 12.0 Å². The lowest BCUT2D eigenvalue weighted by Gasteiger charge is -2.31. The highest BCUT2D eigenvalue weighted by molar-refractivity contribution is 5.68. The third-order valence-corrected chi connectivity index (χ3v) is 3.51. The predicted molar refractivity (Wildman–Crippen MR) is 85.3 cm³/mol. The summed E-state index contributed by atoms with van der Waals surface area (Å²) in [4.78, 5) is 14.1. The third-order valence-electron chi connectivity index (χ3n) is 3.51. The first-order valence-electron chi connectivity index (χ1n) is 7.62. The summed E-state index contributed by atoms with van der Waals surface area (Å²) in [7, 11) is 0. The van der Waals surface area contributed by atoms with Gasteiger partial charge in [-0.05, 0) is 44.9 Å². The van der Waals surface area contributed by atoms with Gasteiger partial charge in [0.05, 0.1) is 18.2 Å². The summed E-state index contributed by atoms with van der Waals surface area (Å²) in [6.07, 6.45) is 5.65. The molecule has 1 aromatic rings. The Morgan fingerprint density at radius 3 is 2.83 bits per heavy atom. The molecule has 0 N–H and O–H groups in total. The zero-order chi connectivity index (χ0) is 17.0. The summed E-state index contributed by atoms with van der Waals surface area (Å²) < 4.78 is 24.4. The Balaban J connectivity index is 2.20. The lowest BCUT2D eigenvalue weighted by Crippen LogP contribution is -2.43. The summed E-state index contributed by atoms with van der Waals surface area (Å²) in [5.74, 6) is 1.87. The second kappa shape index (κ2) is 7.01. The Hall–Kier alpha value is -2.06. The highest BCUT2D eigenvalue weighted by atomic mass is 19.1. The van der Waals surface area contributed by atoms with Crippen molar-refractivity contribution in [2.24, 2.45) is 0 Å². The minimum atomic E-state index is -0.582. The van der Waals surface area contributed by atoms with E-state index in [2.05, 4.69) is 5.92 Å². The predicted octanol–water partition coefficient (Wildman–Crippen LogP) is 3.33. The number of hydrogen-bond donors (Lipinski definition) is 0. The van der Waals surface area contributed by atoms with E-state index in [1.165, 1.54) is 6.07 Å². The Kier molecular flexibility index (Phi) is 5.27. The molecule has 1 fully saturated rings. The third kappa shape index (κ3) is 4.70. The van der Waals surface area contributed by atoms with Crippen LogP contribution in [0.15, 0.2) is 18.2 Å². The highest BCUT2D eigenvalue weighted by Crippen LogP contribution is 2.21. The van der Waals surface area contributed by atoms with Crippen molar-refractivity contribution < 1.29 is 18.7 Å². The Morgan fingerprint density at radius 1 is 1.52 bits per heavy atom. The number of nitrogens with zero attached hydrogens (tertiary/aromatic N) is 1. The van der Waals surface area contributed by atoms with E-state index < -0.39 is 17.5 Å². The molecule has 1 aliphatic heterocycles. The molecule has 0 saturated carbocycles. The first-order valence-corrected chi connectivity index (χ1v) is 7.62. The number of rotatable bonds is 3. The zero-order valence-corrected chi connectivity index (χ0v) is 13.8. The smallest absolute Gasteiger partial charge is 0.410 e. The van der Waals surface area contributed by atoms with Crippen LogP contribution in [0.25, 0.3) is 0 Å². The maximum Gasteiger partial charge on any atom is 0.410 e. The van der Waals surface area contributed by atoms with Crippen molar-refractivity contribution in [3.8, 4) is 12.3 Å². The molecule has 1 aromatic carbocycles. The van der Waals surface area contributed by atoms with Crippen LogP contribution in [0.1, 0.15) is 38.3 Å². The van der Waals surface area contributed by atoms with Crippen LogP contribution in [0, 0.1) is 18.2 Å². The summed E-state index contributed by atoms with van der Waals surface area (Å²) in [5, 5.41) is 0. The normalized spacial score (nSPS) is 17.6. The van der Waals surface area contributed by atoms with Gasteiger partial charge in [-0.15, -0.1) is 6.42 Å². The second-order valence-corrected chi connectivity index (χ2v) is 6.58. The van der Waals surface area contributed by atoms with E-state index >= 15 is 0 Å². The molecular weight excluding hydrogens is 297 g/mol. The molecule has 23 heavy (non-hydrogen) atoms. The van der Waals surface area contributed by atoms with Gasteiger partial charge in [0, 0.05) is 13.2 Å². The van der Waals surface area contributed by atoms with Crippen molar-refractivity contribution in [2.75, 3.05) is 13.2 Å². The highest BCUT2D eigenvalue weighted by Gasteiger charge is 2.31. The summed E-state index contributed by atoms with van der Waals surface area (Å²) in [6.45, 7) is 6.86. The van der Waals surface area contributed by atoms with Crippen molar-refractivity contribution in [1.29, 1.82) is 0 Å². The van der Waals surface area contributed by atoms with Crippen molar-refractivity contribution in [1.82, 2.24) is 4.90 Å². The topological polar surface area (TPSA) is 38.8 Å². The van der Waals surface area contributed by atoms with Gasteiger partial charge in [0.15, 0.2) is 0 Å². The summed E-state index contributed by atoms with van der Waals surface area (Å²) >= 11 is 0. The number of ether oxygens (including phenoxy) is 2. The second-order valence-electron chi connectivity index (χ2n) is 6.58. The molecule has 1 atom stereocenters. The minimum Gasteiger partial charge on any atom is -0.444 e. The van der Waals surface area contributed by atoms with E-state index in [0.717, 1.165) is 12.0 Å². The molecule has 1 unspecified atom stereocenters. The molecule has 1 saturated heterocycles. The quantitative estimate of drug-likeness (QED) is 0.802. The number of halogens is 1. The van der Waals surface area contributed by atoms with Gasteiger partial charge in [0.25, 0.3) is 0 Å². The molecule has 124 valence electrons. The molecule has 0 aliphatic carbocycles. The molecule has 4 nitrogen and oxygen atoms in total. The lowest BCUT2D eigenvalue weighted by atomic mass is 10.1. The summed E-state index contributed by atoms with van der Waals surface area (Å²) in [5.41, 5.74) is 0.369. The van der Waals surface area contributed by atoms with Gasteiger partial charge < -0.3 is 9.47 Å². The van der Waals surface area contributed by atoms with E-state index in [0.29, 0.717) is 19.8 Å². The zero-order valence-electron chi connectivity index (χ0n) is 13.8. The fraction of sp³-hybridized carbons (Fsp3) is 0.500. The van der Waals surface area contributed by atoms with E-state index in [9.17, 15) is 9.18 Å². The van der Waals surface area contributed by atoms with Crippen LogP contribution < -0.4 is 0 Å². The SMILES string of the molecule is C#Cc1cc(CN(C(=O)OC(C)(C)C)C2CCOC2)ccc1F. The minimum absolute atomic E-state index is 0.0517. The van der Waals surface area contributed by atoms with E-state index in [1.807, 2.05) is 20.8 Å². The van der Waals surface area contributed by atoms with Crippen molar-refractivity contribution in [2.45, 2.75) is 45.4 Å². The van der Waals surface area contributed by atoms with Gasteiger partial charge in [-0.25, -0.2) is 9.18 Å². The fourth-order valence-corrected chi connectivity index (χ4v) is 2.41. The van der Waals surface area contributed by atoms with Crippen LogP contribution in [0.2, 0.25) is 0 Å². The number of hydrogen-bond acceptors (Lipinski definition) is 3. The molecule has 2 rings (SSSR count). The van der Waals surface area contributed by atoms with Crippen LogP contribution in [0.4, 0.5) is 9.18 Å². The van der Waals surface area contributed by atoms with Crippen LogP contribution in [-0.2, 0) is 16.0 Å². The molecule has 1 aliphatic rings. The van der Waals surface area contributed by atoms with Crippen LogP contribution >= 0.6 is 0 Å². The largest absolute Gasteiger partial charge is 0.444 e. The lowest BCUT2D eigenvalue weighted by molar-refractivity contribution is 0.0126. The van der Waals surface area contributed by atoms with Crippen molar-refractivity contribution in [3.63, 3.8) is 0 Å². The van der Waals surface area contributed by atoms with Gasteiger partial charge in [-0.3, -0.25) is 4.90 Å². The number of carbonyl (C=O) groups excluding carboxylic acids is 1. The van der Waals surface area contributed by atoms with Crippen LogP contribution in [0.3, 0.4) is 0 Å². The number of carbonyl (C=O) groups is 1. The fourth-order valence-electron chi connectivity index (χ4n) is 2.41. The Morgan fingerprint density at radius 2 is 2.26 bits per heavy atom. The molecule has 0 radical (unpaired) electrons. The average molecular weight is 319 g/mol. The number of benzene rings is 1. The van der Waals surface area contributed by atoms with E-state index in [4.69, 9.17) is 15.9 Å². The van der Waals surface area contributed by atoms with E-state index in [1.54, 1.807) is 17.0 Å². The summed E-state index contributed by atoms with van der Waals surface area (Å²) in [6, 6.07) is 4.48. The Bertz CT molecular complexity index is 610. The van der Waals surface area contributed by atoms with Crippen molar-refractivity contribution >= 4 is 6.09 Å². The molecule has 0 bridgehead atoms. The van der Waals surface area contributed by atoms with Crippen LogP contribution in [0.5, 0.6) is 0 Å². The maximum absolute atomic E-state index is 13.5. The van der Waals surface area contributed by atoms with Gasteiger partial charge in [0.1, 0.15) is 11.4 Å². The first-order chi connectivity index (χ1) is 10.8. The van der Waals surface area contributed by atoms with Gasteiger partial charge in [-0.2, -0.15) is 0 Å².